The minimum absolute atomic E-state index is 0.876. The fourth-order valence-electron chi connectivity index (χ4n) is 1.68. The molecule has 5 heteroatoms. The van der Waals surface area contributed by atoms with E-state index >= 15 is 0 Å². The van der Waals surface area contributed by atoms with E-state index < -0.39 is 0 Å². The number of rotatable bonds is 8. The number of hydrogen-bond acceptors (Lipinski definition) is 5. The summed E-state index contributed by atoms with van der Waals surface area (Å²) in [6, 6.07) is 8.40. The minimum Gasteiger partial charge on any atom is -0.372 e. The van der Waals surface area contributed by atoms with E-state index in [1.165, 1.54) is 30.6 Å². The van der Waals surface area contributed by atoms with Crippen LogP contribution in [0.3, 0.4) is 0 Å². The summed E-state index contributed by atoms with van der Waals surface area (Å²) < 4.78 is 5.01. The summed E-state index contributed by atoms with van der Waals surface area (Å²) in [5, 5.41) is 5.20. The Labute approximate surface area is 113 Å². The molecule has 0 saturated heterocycles. The lowest BCUT2D eigenvalue weighted by Gasteiger charge is -2.23. The summed E-state index contributed by atoms with van der Waals surface area (Å²) in [7, 11) is 0. The van der Waals surface area contributed by atoms with Crippen molar-refractivity contribution < 1.29 is 3.63 Å². The van der Waals surface area contributed by atoms with Crippen LogP contribution in [0.25, 0.3) is 0 Å². The van der Waals surface area contributed by atoms with Crippen molar-refractivity contribution >= 4 is 30.0 Å². The molecule has 0 spiro atoms. The molecular weight excluding hydrogens is 252 g/mol. The van der Waals surface area contributed by atoms with Crippen LogP contribution in [0.1, 0.15) is 26.7 Å². The van der Waals surface area contributed by atoms with E-state index in [1.54, 1.807) is 0 Å². The number of hydrogen-bond donors (Lipinski definition) is 1. The Morgan fingerprint density at radius 2 is 1.71 bits per heavy atom. The van der Waals surface area contributed by atoms with Crippen LogP contribution in [-0.4, -0.2) is 13.1 Å². The van der Waals surface area contributed by atoms with Gasteiger partial charge in [0, 0.05) is 35.7 Å². The van der Waals surface area contributed by atoms with Crippen molar-refractivity contribution in [3.8, 4) is 0 Å². The van der Waals surface area contributed by atoms with Crippen LogP contribution >= 0.6 is 24.3 Å². The van der Waals surface area contributed by atoms with Gasteiger partial charge in [0.05, 0.1) is 12.2 Å². The van der Waals surface area contributed by atoms with Crippen LogP contribution in [0.2, 0.25) is 0 Å². The van der Waals surface area contributed by atoms with Crippen LogP contribution in [0.15, 0.2) is 29.2 Å². The Balaban J connectivity index is 2.63. The fourth-order valence-corrected chi connectivity index (χ4v) is 2.40. The van der Waals surface area contributed by atoms with Crippen molar-refractivity contribution in [1.82, 2.24) is 0 Å². The SMILES string of the molecule is CCCN(CCC)c1ccc(SOSN)cc1. The molecule has 0 unspecified atom stereocenters. The van der Waals surface area contributed by atoms with Crippen molar-refractivity contribution in [3.05, 3.63) is 24.3 Å². The minimum atomic E-state index is 0.876. The summed E-state index contributed by atoms with van der Waals surface area (Å²) in [6.45, 7) is 6.63. The second kappa shape index (κ2) is 8.69. The van der Waals surface area contributed by atoms with Crippen molar-refractivity contribution in [2.45, 2.75) is 31.6 Å². The van der Waals surface area contributed by atoms with Gasteiger partial charge in [-0.3, -0.25) is 5.14 Å². The third-order valence-electron chi connectivity index (χ3n) is 2.36. The average molecular weight is 272 g/mol. The zero-order valence-electron chi connectivity index (χ0n) is 10.4. The maximum Gasteiger partial charge on any atom is 0.0908 e. The summed E-state index contributed by atoms with van der Waals surface area (Å²) in [5.74, 6) is 0. The lowest BCUT2D eigenvalue weighted by atomic mass is 10.2. The number of anilines is 1. The molecule has 0 amide bonds. The third-order valence-corrected chi connectivity index (χ3v) is 3.41. The third kappa shape index (κ3) is 5.21. The Bertz CT molecular complexity index is 300. The van der Waals surface area contributed by atoms with E-state index in [4.69, 9.17) is 8.77 Å². The Morgan fingerprint density at radius 3 is 2.18 bits per heavy atom. The van der Waals surface area contributed by atoms with Gasteiger partial charge in [-0.05, 0) is 37.1 Å². The Morgan fingerprint density at radius 1 is 1.12 bits per heavy atom. The molecule has 0 atom stereocenters. The smallest absolute Gasteiger partial charge is 0.0908 e. The van der Waals surface area contributed by atoms with Crippen LogP contribution < -0.4 is 10.0 Å². The Kier molecular flexibility index (Phi) is 7.51. The quantitative estimate of drug-likeness (QED) is 0.574. The van der Waals surface area contributed by atoms with E-state index in [0.717, 1.165) is 30.2 Å². The van der Waals surface area contributed by atoms with Crippen molar-refractivity contribution in [3.63, 3.8) is 0 Å². The molecule has 0 radical (unpaired) electrons. The van der Waals surface area contributed by atoms with Gasteiger partial charge in [0.15, 0.2) is 0 Å². The molecule has 17 heavy (non-hydrogen) atoms. The van der Waals surface area contributed by atoms with Gasteiger partial charge in [0.1, 0.15) is 0 Å². The van der Waals surface area contributed by atoms with Gasteiger partial charge in [0.25, 0.3) is 0 Å². The largest absolute Gasteiger partial charge is 0.372 e. The first-order chi connectivity index (χ1) is 8.31. The van der Waals surface area contributed by atoms with E-state index in [-0.39, 0.29) is 0 Å². The topological polar surface area (TPSA) is 38.5 Å². The first-order valence-electron chi connectivity index (χ1n) is 5.86. The molecule has 1 aromatic rings. The van der Waals surface area contributed by atoms with Gasteiger partial charge in [-0.15, -0.1) is 0 Å². The van der Waals surface area contributed by atoms with E-state index in [1.807, 2.05) is 0 Å². The van der Waals surface area contributed by atoms with Crippen LogP contribution in [-0.2, 0) is 3.63 Å². The van der Waals surface area contributed by atoms with Gasteiger partial charge in [-0.1, -0.05) is 13.8 Å². The number of benzene rings is 1. The molecule has 3 nitrogen and oxygen atoms in total. The highest BCUT2D eigenvalue weighted by Crippen LogP contribution is 2.25. The zero-order valence-corrected chi connectivity index (χ0v) is 12.0. The molecular formula is C12H20N2OS2. The second-order valence-corrected chi connectivity index (χ2v) is 5.10. The lowest BCUT2D eigenvalue weighted by Crippen LogP contribution is -2.24. The summed E-state index contributed by atoms with van der Waals surface area (Å²) in [4.78, 5) is 3.48. The predicted octanol–water partition coefficient (Wildman–Crippen LogP) is 3.86. The molecule has 0 heterocycles. The van der Waals surface area contributed by atoms with Crippen LogP contribution in [0.4, 0.5) is 5.69 Å². The molecule has 96 valence electrons. The molecule has 0 aliphatic carbocycles. The highest BCUT2D eigenvalue weighted by Gasteiger charge is 2.04. The van der Waals surface area contributed by atoms with Crippen molar-refractivity contribution in [1.29, 1.82) is 0 Å². The summed E-state index contributed by atoms with van der Waals surface area (Å²) in [6.07, 6.45) is 2.34. The molecule has 1 aromatic carbocycles. The molecule has 1 rings (SSSR count). The molecule has 0 saturated carbocycles. The molecule has 0 aliphatic heterocycles. The van der Waals surface area contributed by atoms with E-state index in [2.05, 4.69) is 43.0 Å². The standard InChI is InChI=1S/C12H20N2OS2/c1-3-9-14(10-4-2)11-5-7-12(8-6-11)16-15-17-13/h5-8H,3-4,9-10,13H2,1-2H3. The number of nitrogens with two attached hydrogens (primary N) is 1. The lowest BCUT2D eigenvalue weighted by molar-refractivity contribution is 0.744. The molecule has 0 fully saturated rings. The maximum atomic E-state index is 5.20. The Hall–Kier alpha value is -0.360. The van der Waals surface area contributed by atoms with Crippen LogP contribution in [0, 0.1) is 0 Å². The van der Waals surface area contributed by atoms with Gasteiger partial charge in [0.2, 0.25) is 0 Å². The molecule has 2 N–H and O–H groups in total. The predicted molar refractivity (Wildman–Crippen MR) is 78.0 cm³/mol. The highest BCUT2D eigenvalue weighted by molar-refractivity contribution is 8.06. The first-order valence-corrected chi connectivity index (χ1v) is 7.41. The van der Waals surface area contributed by atoms with Crippen LogP contribution in [0.5, 0.6) is 0 Å². The second-order valence-electron chi connectivity index (χ2n) is 3.73. The summed E-state index contributed by atoms with van der Waals surface area (Å²) >= 11 is 2.16. The van der Waals surface area contributed by atoms with Gasteiger partial charge in [-0.25, -0.2) is 3.63 Å². The fraction of sp³-hybridized carbons (Fsp3) is 0.500. The summed E-state index contributed by atoms with van der Waals surface area (Å²) in [5.41, 5.74) is 1.28. The average Bonchev–Trinajstić information content (AvgIpc) is 2.37. The van der Waals surface area contributed by atoms with Gasteiger partial charge < -0.3 is 4.90 Å². The number of nitrogens with zero attached hydrogens (tertiary/aromatic N) is 1. The van der Waals surface area contributed by atoms with Gasteiger partial charge >= 0.3 is 0 Å². The molecule has 0 aliphatic rings. The zero-order chi connectivity index (χ0) is 12.5. The van der Waals surface area contributed by atoms with E-state index in [9.17, 15) is 0 Å². The highest BCUT2D eigenvalue weighted by atomic mass is 32.2. The normalized spacial score (nSPS) is 10.5. The van der Waals surface area contributed by atoms with Gasteiger partial charge in [-0.2, -0.15) is 0 Å². The molecule has 0 bridgehead atoms. The van der Waals surface area contributed by atoms with Crippen molar-refractivity contribution in [2.75, 3.05) is 18.0 Å². The van der Waals surface area contributed by atoms with E-state index in [0.29, 0.717) is 0 Å². The maximum absolute atomic E-state index is 5.20. The van der Waals surface area contributed by atoms with Crippen molar-refractivity contribution in [2.24, 2.45) is 5.14 Å². The first kappa shape index (κ1) is 14.7. The molecule has 0 aromatic heterocycles. The monoisotopic (exact) mass is 272 g/mol.